The Morgan fingerprint density at radius 3 is 2.75 bits per heavy atom. The molecule has 2 aliphatic rings. The summed E-state index contributed by atoms with van der Waals surface area (Å²) < 4.78 is 20.3. The van der Waals surface area contributed by atoms with Crippen molar-refractivity contribution in [3.63, 3.8) is 0 Å². The molecule has 0 aromatic carbocycles. The van der Waals surface area contributed by atoms with Crippen LogP contribution in [0.15, 0.2) is 12.5 Å². The number of ether oxygens (including phenoxy) is 3. The van der Waals surface area contributed by atoms with Gasteiger partial charge in [0.05, 0.1) is 5.39 Å². The van der Waals surface area contributed by atoms with E-state index in [9.17, 15) is 0 Å². The van der Waals surface area contributed by atoms with Gasteiger partial charge in [-0.1, -0.05) is 0 Å². The molecular weight excluding hydrogens is 310 g/mol. The van der Waals surface area contributed by atoms with Gasteiger partial charge in [0, 0.05) is 19.8 Å². The highest BCUT2D eigenvalue weighted by atomic mass is 16.8. The van der Waals surface area contributed by atoms with E-state index in [0.717, 1.165) is 22.4 Å². The molecule has 24 heavy (non-hydrogen) atoms. The Kier molecular flexibility index (Phi) is 3.54. The molecule has 2 fully saturated rings. The maximum absolute atomic E-state index is 6.16. The van der Waals surface area contributed by atoms with Crippen molar-refractivity contribution in [1.29, 1.82) is 0 Å². The molecule has 0 spiro atoms. The van der Waals surface area contributed by atoms with Gasteiger partial charge in [0.15, 0.2) is 12.0 Å². The van der Waals surface area contributed by atoms with Crippen molar-refractivity contribution in [3.05, 3.63) is 18.1 Å². The molecular formula is C16H23N5O3. The highest BCUT2D eigenvalue weighted by Crippen LogP contribution is 2.44. The first-order valence-corrected chi connectivity index (χ1v) is 8.16. The van der Waals surface area contributed by atoms with E-state index in [1.54, 1.807) is 6.33 Å². The molecule has 3 N–H and O–H groups in total. The minimum atomic E-state index is -0.645. The molecule has 4 heterocycles. The number of aryl methyl sites for hydroxylation is 1. The van der Waals surface area contributed by atoms with Crippen LogP contribution in [0.4, 0.5) is 5.82 Å². The summed E-state index contributed by atoms with van der Waals surface area (Å²) in [6.45, 7) is 6.24. The predicted octanol–water partition coefficient (Wildman–Crippen LogP) is 1.16. The van der Waals surface area contributed by atoms with E-state index in [0.29, 0.717) is 6.54 Å². The van der Waals surface area contributed by atoms with E-state index in [4.69, 9.17) is 19.9 Å². The van der Waals surface area contributed by atoms with Crippen LogP contribution >= 0.6 is 0 Å². The summed E-state index contributed by atoms with van der Waals surface area (Å²) in [5.74, 6) is 0.151. The average Bonchev–Trinajstić information content (AvgIpc) is 3.16. The number of nitrogens with zero attached hydrogens (tertiary/aromatic N) is 3. The third-order valence-corrected chi connectivity index (χ3v) is 4.67. The van der Waals surface area contributed by atoms with Crippen LogP contribution < -0.4 is 11.1 Å². The smallest absolute Gasteiger partial charge is 0.164 e. The molecule has 8 heteroatoms. The molecule has 2 aliphatic heterocycles. The zero-order valence-corrected chi connectivity index (χ0v) is 14.3. The van der Waals surface area contributed by atoms with Crippen molar-refractivity contribution in [3.8, 4) is 0 Å². The van der Waals surface area contributed by atoms with E-state index in [1.807, 2.05) is 38.6 Å². The second kappa shape index (κ2) is 5.38. The van der Waals surface area contributed by atoms with Crippen LogP contribution in [-0.4, -0.2) is 52.2 Å². The third-order valence-electron chi connectivity index (χ3n) is 4.67. The summed E-state index contributed by atoms with van der Waals surface area (Å²) in [7, 11) is 1.85. The van der Waals surface area contributed by atoms with Gasteiger partial charge >= 0.3 is 0 Å². The third kappa shape index (κ3) is 2.21. The lowest BCUT2D eigenvalue weighted by atomic mass is 10.1. The number of hydrogen-bond acceptors (Lipinski definition) is 7. The molecule has 0 unspecified atom stereocenters. The molecule has 2 saturated heterocycles. The fraction of sp³-hybridized carbons (Fsp3) is 0.625. The second-order valence-corrected chi connectivity index (χ2v) is 6.76. The molecule has 4 rings (SSSR count). The van der Waals surface area contributed by atoms with Crippen molar-refractivity contribution < 1.29 is 14.2 Å². The minimum absolute atomic E-state index is 0.182. The Balaban J connectivity index is 1.80. The lowest BCUT2D eigenvalue weighted by molar-refractivity contribution is -0.195. The first kappa shape index (κ1) is 15.8. The maximum Gasteiger partial charge on any atom is 0.164 e. The molecule has 130 valence electrons. The summed E-state index contributed by atoms with van der Waals surface area (Å²) >= 11 is 0. The fourth-order valence-corrected chi connectivity index (χ4v) is 3.73. The zero-order chi connectivity index (χ0) is 17.1. The predicted molar refractivity (Wildman–Crippen MR) is 88.6 cm³/mol. The summed E-state index contributed by atoms with van der Waals surface area (Å²) in [4.78, 5) is 8.76. The van der Waals surface area contributed by atoms with Crippen LogP contribution in [0.5, 0.6) is 0 Å². The quantitative estimate of drug-likeness (QED) is 0.870. The molecule has 0 radical (unpaired) electrons. The van der Waals surface area contributed by atoms with Crippen LogP contribution in [0.2, 0.25) is 0 Å². The van der Waals surface area contributed by atoms with Crippen molar-refractivity contribution in [2.75, 3.05) is 18.9 Å². The summed E-state index contributed by atoms with van der Waals surface area (Å²) in [6.07, 6.45) is 2.63. The number of anilines is 1. The number of rotatable bonds is 3. The highest BCUT2D eigenvalue weighted by Gasteiger charge is 2.55. The lowest BCUT2D eigenvalue weighted by Crippen LogP contribution is -2.34. The van der Waals surface area contributed by atoms with Gasteiger partial charge in [-0.3, -0.25) is 0 Å². The molecule has 8 nitrogen and oxygen atoms in total. The van der Waals surface area contributed by atoms with Crippen LogP contribution in [0.25, 0.3) is 11.0 Å². The second-order valence-electron chi connectivity index (χ2n) is 6.76. The van der Waals surface area contributed by atoms with Gasteiger partial charge in [-0.2, -0.15) is 0 Å². The lowest BCUT2D eigenvalue weighted by Gasteiger charge is -2.24. The topological polar surface area (TPSA) is 96.5 Å². The molecule has 2 aromatic heterocycles. The highest BCUT2D eigenvalue weighted by molar-refractivity contribution is 5.90. The molecule has 0 bridgehead atoms. The van der Waals surface area contributed by atoms with Crippen molar-refractivity contribution in [2.45, 2.75) is 51.1 Å². The van der Waals surface area contributed by atoms with Gasteiger partial charge in [-0.15, -0.1) is 0 Å². The first-order chi connectivity index (χ1) is 11.4. The number of hydrogen-bond donors (Lipinski definition) is 2. The van der Waals surface area contributed by atoms with Gasteiger partial charge in [0.2, 0.25) is 0 Å². The number of fused-ring (bicyclic) bond motifs is 2. The van der Waals surface area contributed by atoms with Crippen LogP contribution in [0, 0.1) is 6.92 Å². The molecule has 4 atom stereocenters. The number of aromatic nitrogens is 3. The standard InChI is InChI=1S/C16H23N5O3/c1-8-6-21(14-10(8)13(18-4)19-7-20-14)15-12-11(9(5-17)22-15)23-16(2,3)24-12/h6-7,9,11-12,15H,5,17H2,1-4H3,(H,18,19,20)/t9-,11-,12-,15-/m1/s1. The van der Waals surface area contributed by atoms with Crippen LogP contribution in [-0.2, 0) is 14.2 Å². The minimum Gasteiger partial charge on any atom is -0.372 e. The van der Waals surface area contributed by atoms with Gasteiger partial charge in [0.1, 0.15) is 36.1 Å². The Labute approximate surface area is 140 Å². The number of nitrogens with one attached hydrogen (secondary N) is 1. The van der Waals surface area contributed by atoms with Gasteiger partial charge < -0.3 is 29.8 Å². The average molecular weight is 333 g/mol. The molecule has 0 aliphatic carbocycles. The Bertz CT molecular complexity index is 774. The number of nitrogens with two attached hydrogens (primary N) is 1. The van der Waals surface area contributed by atoms with Crippen LogP contribution in [0.1, 0.15) is 25.6 Å². The summed E-state index contributed by atoms with van der Waals surface area (Å²) in [6, 6.07) is 0. The Morgan fingerprint density at radius 1 is 1.29 bits per heavy atom. The van der Waals surface area contributed by atoms with E-state index < -0.39 is 5.79 Å². The fourth-order valence-electron chi connectivity index (χ4n) is 3.73. The monoisotopic (exact) mass is 333 g/mol. The Morgan fingerprint density at radius 2 is 2.04 bits per heavy atom. The largest absolute Gasteiger partial charge is 0.372 e. The van der Waals surface area contributed by atoms with Gasteiger partial charge in [-0.05, 0) is 26.3 Å². The van der Waals surface area contributed by atoms with E-state index >= 15 is 0 Å². The van der Waals surface area contributed by atoms with E-state index in [-0.39, 0.29) is 24.5 Å². The molecule has 0 saturated carbocycles. The van der Waals surface area contributed by atoms with Crippen molar-refractivity contribution in [2.24, 2.45) is 5.73 Å². The molecule has 0 amide bonds. The zero-order valence-electron chi connectivity index (χ0n) is 14.3. The van der Waals surface area contributed by atoms with Gasteiger partial charge in [-0.25, -0.2) is 9.97 Å². The summed E-state index contributed by atoms with van der Waals surface area (Å²) in [5, 5.41) is 4.09. The van der Waals surface area contributed by atoms with Gasteiger partial charge in [0.25, 0.3) is 0 Å². The van der Waals surface area contributed by atoms with Crippen LogP contribution in [0.3, 0.4) is 0 Å². The first-order valence-electron chi connectivity index (χ1n) is 8.16. The summed E-state index contributed by atoms with van der Waals surface area (Å²) in [5.41, 5.74) is 7.76. The maximum atomic E-state index is 6.16. The van der Waals surface area contributed by atoms with E-state index in [2.05, 4.69) is 15.3 Å². The normalized spacial score (nSPS) is 31.5. The molecule has 2 aromatic rings. The SMILES string of the molecule is CNc1ncnc2c1c(C)cn2[C@@H]1O[C@H](CN)[C@H]2OC(C)(C)O[C@H]21. The van der Waals surface area contributed by atoms with Crippen molar-refractivity contribution in [1.82, 2.24) is 14.5 Å². The van der Waals surface area contributed by atoms with Crippen molar-refractivity contribution >= 4 is 16.9 Å². The Hall–Kier alpha value is -1.74. The van der Waals surface area contributed by atoms with E-state index in [1.165, 1.54) is 0 Å².